The SMILES string of the molecule is CCCCCCCCCCCCc1ccsc1-c1sccc1CCCCCCCCCCCC. The Labute approximate surface area is 221 Å². The summed E-state index contributed by atoms with van der Waals surface area (Å²) in [5, 5.41) is 4.65. The van der Waals surface area contributed by atoms with Gasteiger partial charge in [-0.15, -0.1) is 22.7 Å². The molecule has 2 heteroatoms. The Morgan fingerprint density at radius 2 is 0.706 bits per heavy atom. The van der Waals surface area contributed by atoms with Crippen LogP contribution in [0.4, 0.5) is 0 Å². The smallest absolute Gasteiger partial charge is 0.0477 e. The van der Waals surface area contributed by atoms with Crippen molar-refractivity contribution in [2.75, 3.05) is 0 Å². The van der Waals surface area contributed by atoms with Gasteiger partial charge in [-0.05, 0) is 59.7 Å². The number of rotatable bonds is 23. The van der Waals surface area contributed by atoms with Gasteiger partial charge in [0.05, 0.1) is 0 Å². The maximum atomic E-state index is 2.40. The molecule has 0 bridgehead atoms. The highest BCUT2D eigenvalue weighted by molar-refractivity contribution is 7.20. The lowest BCUT2D eigenvalue weighted by molar-refractivity contribution is 0.556. The third-order valence-electron chi connectivity index (χ3n) is 7.30. The van der Waals surface area contributed by atoms with Crippen LogP contribution in [0.2, 0.25) is 0 Å². The fourth-order valence-corrected chi connectivity index (χ4v) is 7.21. The molecule has 2 aromatic heterocycles. The Morgan fingerprint density at radius 1 is 0.412 bits per heavy atom. The van der Waals surface area contributed by atoms with Gasteiger partial charge in [0, 0.05) is 9.75 Å². The molecule has 2 aromatic rings. The first kappa shape index (κ1) is 29.6. The molecule has 0 aliphatic heterocycles. The average molecular weight is 503 g/mol. The molecule has 0 spiro atoms. The molecule has 0 aliphatic carbocycles. The van der Waals surface area contributed by atoms with Gasteiger partial charge in [0.15, 0.2) is 0 Å². The third-order valence-corrected chi connectivity index (χ3v) is 9.38. The van der Waals surface area contributed by atoms with E-state index >= 15 is 0 Å². The molecular formula is C32H54S2. The monoisotopic (exact) mass is 502 g/mol. The lowest BCUT2D eigenvalue weighted by Crippen LogP contribution is -1.90. The van der Waals surface area contributed by atoms with Crippen molar-refractivity contribution in [2.24, 2.45) is 0 Å². The molecule has 0 aromatic carbocycles. The fourth-order valence-electron chi connectivity index (χ4n) is 5.07. The van der Waals surface area contributed by atoms with Crippen LogP contribution in [0.25, 0.3) is 9.75 Å². The summed E-state index contributed by atoms with van der Waals surface area (Å²) in [5.74, 6) is 0. The van der Waals surface area contributed by atoms with Gasteiger partial charge in [-0.2, -0.15) is 0 Å². The molecular weight excluding hydrogens is 448 g/mol. The van der Waals surface area contributed by atoms with E-state index < -0.39 is 0 Å². The molecule has 0 aliphatic rings. The van der Waals surface area contributed by atoms with Crippen molar-refractivity contribution < 1.29 is 0 Å². The van der Waals surface area contributed by atoms with Gasteiger partial charge in [-0.25, -0.2) is 0 Å². The minimum absolute atomic E-state index is 1.27. The van der Waals surface area contributed by atoms with Crippen molar-refractivity contribution in [3.63, 3.8) is 0 Å². The topological polar surface area (TPSA) is 0 Å². The van der Waals surface area contributed by atoms with Crippen molar-refractivity contribution in [2.45, 2.75) is 155 Å². The summed E-state index contributed by atoms with van der Waals surface area (Å²) < 4.78 is 0. The number of aryl methyl sites for hydroxylation is 2. The van der Waals surface area contributed by atoms with E-state index in [0.717, 1.165) is 0 Å². The third kappa shape index (κ3) is 12.9. The predicted molar refractivity (Wildman–Crippen MR) is 159 cm³/mol. The van der Waals surface area contributed by atoms with Gasteiger partial charge in [-0.3, -0.25) is 0 Å². The normalized spacial score (nSPS) is 11.5. The molecule has 0 nitrogen and oxygen atoms in total. The maximum absolute atomic E-state index is 2.40. The largest absolute Gasteiger partial charge is 0.143 e. The van der Waals surface area contributed by atoms with Crippen LogP contribution in [-0.4, -0.2) is 0 Å². The first-order valence-corrected chi connectivity index (χ1v) is 16.8. The zero-order chi connectivity index (χ0) is 24.1. The second-order valence-electron chi connectivity index (χ2n) is 10.4. The molecule has 0 N–H and O–H groups in total. The van der Waals surface area contributed by atoms with Gasteiger partial charge >= 0.3 is 0 Å². The summed E-state index contributed by atoms with van der Waals surface area (Å²) in [6, 6.07) is 4.80. The average Bonchev–Trinajstić information content (AvgIpc) is 3.50. The molecule has 0 unspecified atom stereocenters. The highest BCUT2D eigenvalue weighted by Gasteiger charge is 2.12. The van der Waals surface area contributed by atoms with E-state index in [0.29, 0.717) is 0 Å². The van der Waals surface area contributed by atoms with E-state index in [1.165, 1.54) is 141 Å². The van der Waals surface area contributed by atoms with Gasteiger partial charge in [0.25, 0.3) is 0 Å². The first-order chi connectivity index (χ1) is 16.9. The lowest BCUT2D eigenvalue weighted by Gasteiger charge is -2.07. The molecule has 0 amide bonds. The number of hydrogen-bond donors (Lipinski definition) is 0. The Kier molecular flexibility index (Phi) is 17.9. The van der Waals surface area contributed by atoms with E-state index in [2.05, 4.69) is 36.7 Å². The standard InChI is InChI=1S/C32H54S2/c1-3-5-7-9-11-13-15-17-19-21-23-29-25-27-33-31(29)32-30(26-28-34-32)24-22-20-18-16-14-12-10-8-6-4-2/h25-28H,3-24H2,1-2H3. The molecule has 2 heterocycles. The van der Waals surface area contributed by atoms with Crippen molar-refractivity contribution in [1.29, 1.82) is 0 Å². The number of unbranched alkanes of at least 4 members (excludes halogenated alkanes) is 18. The maximum Gasteiger partial charge on any atom is 0.0477 e. The second kappa shape index (κ2) is 20.6. The van der Waals surface area contributed by atoms with Crippen LogP contribution >= 0.6 is 22.7 Å². The van der Waals surface area contributed by atoms with E-state index in [1.807, 2.05) is 22.7 Å². The molecule has 2 rings (SSSR count). The summed E-state index contributed by atoms with van der Waals surface area (Å²) in [6.45, 7) is 4.60. The van der Waals surface area contributed by atoms with Crippen molar-refractivity contribution in [1.82, 2.24) is 0 Å². The highest BCUT2D eigenvalue weighted by atomic mass is 32.1. The Bertz CT molecular complexity index is 635. The molecule has 34 heavy (non-hydrogen) atoms. The van der Waals surface area contributed by atoms with E-state index in [9.17, 15) is 0 Å². The van der Waals surface area contributed by atoms with Crippen LogP contribution in [-0.2, 0) is 12.8 Å². The lowest BCUT2D eigenvalue weighted by atomic mass is 10.0. The number of thiophene rings is 2. The second-order valence-corrected chi connectivity index (χ2v) is 12.2. The zero-order valence-electron chi connectivity index (χ0n) is 22.7. The number of hydrogen-bond acceptors (Lipinski definition) is 2. The molecule has 0 saturated heterocycles. The molecule has 0 atom stereocenters. The summed E-state index contributed by atoms with van der Waals surface area (Å²) in [7, 11) is 0. The first-order valence-electron chi connectivity index (χ1n) is 15.0. The van der Waals surface area contributed by atoms with Gasteiger partial charge in [0.2, 0.25) is 0 Å². The summed E-state index contributed by atoms with van der Waals surface area (Å²) in [6.07, 6.45) is 31.0. The predicted octanol–water partition coefficient (Wildman–Crippen LogP) is 12.4. The molecule has 0 radical (unpaired) electrons. The molecule has 194 valence electrons. The van der Waals surface area contributed by atoms with Crippen LogP contribution in [0.3, 0.4) is 0 Å². The Hall–Kier alpha value is -0.600. The minimum Gasteiger partial charge on any atom is -0.143 e. The van der Waals surface area contributed by atoms with Crippen LogP contribution in [0.5, 0.6) is 0 Å². The van der Waals surface area contributed by atoms with Crippen LogP contribution in [0.1, 0.15) is 153 Å². The van der Waals surface area contributed by atoms with Crippen molar-refractivity contribution >= 4 is 22.7 Å². The van der Waals surface area contributed by atoms with Crippen LogP contribution in [0.15, 0.2) is 22.9 Å². The Balaban J connectivity index is 1.59. The van der Waals surface area contributed by atoms with Gasteiger partial charge < -0.3 is 0 Å². The minimum atomic E-state index is 1.27. The van der Waals surface area contributed by atoms with Crippen LogP contribution in [0, 0.1) is 0 Å². The molecule has 0 fully saturated rings. The summed E-state index contributed by atoms with van der Waals surface area (Å²) >= 11 is 3.94. The van der Waals surface area contributed by atoms with Gasteiger partial charge in [-0.1, -0.05) is 129 Å². The Morgan fingerprint density at radius 3 is 1.03 bits per heavy atom. The van der Waals surface area contributed by atoms with Crippen molar-refractivity contribution in [3.05, 3.63) is 34.0 Å². The van der Waals surface area contributed by atoms with Crippen LogP contribution < -0.4 is 0 Å². The molecule has 0 saturated carbocycles. The van der Waals surface area contributed by atoms with E-state index in [-0.39, 0.29) is 0 Å². The highest BCUT2D eigenvalue weighted by Crippen LogP contribution is 2.37. The summed E-state index contributed by atoms with van der Waals surface area (Å²) in [4.78, 5) is 3.15. The zero-order valence-corrected chi connectivity index (χ0v) is 24.3. The summed E-state index contributed by atoms with van der Waals surface area (Å²) in [5.41, 5.74) is 3.22. The van der Waals surface area contributed by atoms with Gasteiger partial charge in [0.1, 0.15) is 0 Å². The van der Waals surface area contributed by atoms with E-state index in [1.54, 1.807) is 20.9 Å². The fraction of sp³-hybridized carbons (Fsp3) is 0.750. The van der Waals surface area contributed by atoms with E-state index in [4.69, 9.17) is 0 Å². The van der Waals surface area contributed by atoms with Crippen molar-refractivity contribution in [3.8, 4) is 9.75 Å². The quantitative estimate of drug-likeness (QED) is 0.132.